The minimum Gasteiger partial charge on any atom is -0.313 e. The van der Waals surface area contributed by atoms with Gasteiger partial charge in [-0.15, -0.1) is 0 Å². The van der Waals surface area contributed by atoms with Crippen molar-refractivity contribution in [1.82, 2.24) is 14.7 Å². The van der Waals surface area contributed by atoms with E-state index in [2.05, 4.69) is 9.71 Å². The molecule has 1 heterocycles. The second-order valence-corrected chi connectivity index (χ2v) is 5.05. The van der Waals surface area contributed by atoms with E-state index in [1.54, 1.807) is 6.92 Å². The lowest BCUT2D eigenvalue weighted by Gasteiger charge is -2.10. The maximum Gasteiger partial charge on any atom is 0.325 e. The highest BCUT2D eigenvalue weighted by atomic mass is 32.2. The quantitative estimate of drug-likeness (QED) is 0.642. The first kappa shape index (κ1) is 12.7. The van der Waals surface area contributed by atoms with Gasteiger partial charge in [0.2, 0.25) is 10.0 Å². The van der Waals surface area contributed by atoms with Crippen LogP contribution >= 0.6 is 0 Å². The van der Waals surface area contributed by atoms with Gasteiger partial charge in [0.1, 0.15) is 0 Å². The van der Waals surface area contributed by atoms with Crippen molar-refractivity contribution >= 4 is 10.0 Å². The Balaban J connectivity index is 3.18. The Hall–Kier alpha value is -1.41. The molecular weight excluding hydrogens is 234 g/mol. The van der Waals surface area contributed by atoms with Crippen molar-refractivity contribution in [1.29, 1.82) is 0 Å². The Morgan fingerprint density at radius 1 is 1.44 bits per heavy atom. The van der Waals surface area contributed by atoms with E-state index in [0.717, 1.165) is 6.20 Å². The molecule has 0 bridgehead atoms. The molecule has 0 amide bonds. The number of H-pyrrole nitrogens is 2. The molecule has 0 aliphatic carbocycles. The maximum absolute atomic E-state index is 11.7. The average molecular weight is 247 g/mol. The molecular formula is C8H13N3O4S. The third-order valence-electron chi connectivity index (χ3n) is 2.04. The summed E-state index contributed by atoms with van der Waals surface area (Å²) >= 11 is 0. The van der Waals surface area contributed by atoms with Gasteiger partial charge in [-0.2, -0.15) is 0 Å². The Kier molecular flexibility index (Phi) is 3.66. The lowest BCUT2D eigenvalue weighted by atomic mass is 10.3. The van der Waals surface area contributed by atoms with Gasteiger partial charge in [0.25, 0.3) is 5.56 Å². The van der Waals surface area contributed by atoms with Crippen molar-refractivity contribution in [2.45, 2.75) is 31.2 Å². The summed E-state index contributed by atoms with van der Waals surface area (Å²) in [6.45, 7) is 3.49. The molecule has 0 aliphatic rings. The molecule has 0 aliphatic heterocycles. The fraction of sp³-hybridized carbons (Fsp3) is 0.500. The van der Waals surface area contributed by atoms with Crippen LogP contribution in [0, 0.1) is 0 Å². The fourth-order valence-corrected chi connectivity index (χ4v) is 2.34. The Bertz CT molecular complexity index is 571. The first-order valence-corrected chi connectivity index (χ1v) is 6.19. The minimum absolute atomic E-state index is 0.281. The van der Waals surface area contributed by atoms with Gasteiger partial charge in [-0.25, -0.2) is 17.9 Å². The van der Waals surface area contributed by atoms with Gasteiger partial charge in [-0.3, -0.25) is 9.78 Å². The lowest BCUT2D eigenvalue weighted by Crippen LogP contribution is -2.37. The maximum atomic E-state index is 11.7. The van der Waals surface area contributed by atoms with Crippen molar-refractivity contribution in [3.05, 3.63) is 27.0 Å². The van der Waals surface area contributed by atoms with Crippen molar-refractivity contribution < 1.29 is 8.42 Å². The highest BCUT2D eigenvalue weighted by molar-refractivity contribution is 7.89. The first-order valence-electron chi connectivity index (χ1n) is 4.71. The average Bonchev–Trinajstić information content (AvgIpc) is 2.16. The monoisotopic (exact) mass is 247 g/mol. The van der Waals surface area contributed by atoms with E-state index in [9.17, 15) is 18.0 Å². The molecule has 1 aromatic rings. The summed E-state index contributed by atoms with van der Waals surface area (Å²) in [5.74, 6) is 0. The standard InChI is InChI=1S/C8H13N3O4S/c1-3-5(2)11-16(14,15)6-4-9-8(13)10-7(6)12/h4-5,11H,3H2,1-2H3,(H2,9,10,12,13). The summed E-state index contributed by atoms with van der Waals surface area (Å²) in [5.41, 5.74) is -1.67. The number of hydrogen-bond donors (Lipinski definition) is 3. The third-order valence-corrected chi connectivity index (χ3v) is 3.64. The first-order chi connectivity index (χ1) is 7.36. The summed E-state index contributed by atoms with van der Waals surface area (Å²) < 4.78 is 25.7. The van der Waals surface area contributed by atoms with Gasteiger partial charge in [-0.1, -0.05) is 6.92 Å². The summed E-state index contributed by atoms with van der Waals surface area (Å²) in [4.78, 5) is 25.4. The number of aromatic nitrogens is 2. The van der Waals surface area contributed by atoms with E-state index in [-0.39, 0.29) is 6.04 Å². The zero-order chi connectivity index (χ0) is 12.3. The molecule has 1 aromatic heterocycles. The van der Waals surface area contributed by atoms with E-state index in [1.165, 1.54) is 0 Å². The molecule has 7 nitrogen and oxygen atoms in total. The molecule has 1 rings (SSSR count). The summed E-state index contributed by atoms with van der Waals surface area (Å²) in [6.07, 6.45) is 1.48. The molecule has 1 atom stereocenters. The molecule has 0 saturated heterocycles. The zero-order valence-corrected chi connectivity index (χ0v) is 9.72. The Labute approximate surface area is 92.0 Å². The SMILES string of the molecule is CCC(C)NS(=O)(=O)c1c[nH]c(=O)[nH]c1=O. The van der Waals surface area contributed by atoms with Crippen LogP contribution < -0.4 is 16.0 Å². The zero-order valence-electron chi connectivity index (χ0n) is 8.90. The summed E-state index contributed by atoms with van der Waals surface area (Å²) in [5, 5.41) is 0. The molecule has 16 heavy (non-hydrogen) atoms. The van der Waals surface area contributed by atoms with Gasteiger partial charge in [0.05, 0.1) is 0 Å². The van der Waals surface area contributed by atoms with Crippen molar-refractivity contribution in [2.24, 2.45) is 0 Å². The van der Waals surface area contributed by atoms with E-state index in [4.69, 9.17) is 0 Å². The van der Waals surface area contributed by atoms with E-state index in [1.807, 2.05) is 11.9 Å². The van der Waals surface area contributed by atoms with Crippen LogP contribution in [-0.2, 0) is 10.0 Å². The van der Waals surface area contributed by atoms with E-state index >= 15 is 0 Å². The Morgan fingerprint density at radius 2 is 2.06 bits per heavy atom. The van der Waals surface area contributed by atoms with E-state index in [0.29, 0.717) is 6.42 Å². The van der Waals surface area contributed by atoms with Crippen molar-refractivity contribution in [2.75, 3.05) is 0 Å². The van der Waals surface area contributed by atoms with Crippen molar-refractivity contribution in [3.8, 4) is 0 Å². The number of rotatable bonds is 4. The molecule has 3 N–H and O–H groups in total. The molecule has 0 radical (unpaired) electrons. The minimum atomic E-state index is -3.88. The van der Waals surface area contributed by atoms with Crippen LogP contribution in [0.4, 0.5) is 0 Å². The smallest absolute Gasteiger partial charge is 0.313 e. The van der Waals surface area contributed by atoms with Crippen LogP contribution in [0.5, 0.6) is 0 Å². The van der Waals surface area contributed by atoms with E-state index < -0.39 is 26.2 Å². The fourth-order valence-electron chi connectivity index (χ4n) is 1.01. The predicted molar refractivity (Wildman–Crippen MR) is 57.8 cm³/mol. The van der Waals surface area contributed by atoms with Crippen LogP contribution in [0.2, 0.25) is 0 Å². The van der Waals surface area contributed by atoms with Crippen molar-refractivity contribution in [3.63, 3.8) is 0 Å². The number of nitrogens with one attached hydrogen (secondary N) is 3. The molecule has 0 fully saturated rings. The summed E-state index contributed by atoms with van der Waals surface area (Å²) in [6, 6.07) is -0.281. The lowest BCUT2D eigenvalue weighted by molar-refractivity contribution is 0.554. The van der Waals surface area contributed by atoms with Crippen LogP contribution in [-0.4, -0.2) is 24.4 Å². The predicted octanol–water partition coefficient (Wildman–Crippen LogP) is -0.860. The normalized spacial score (nSPS) is 13.6. The van der Waals surface area contributed by atoms with Gasteiger partial charge in [0.15, 0.2) is 4.90 Å². The highest BCUT2D eigenvalue weighted by Gasteiger charge is 2.20. The third kappa shape index (κ3) is 2.80. The second-order valence-electron chi connectivity index (χ2n) is 3.37. The topological polar surface area (TPSA) is 112 Å². The molecule has 1 unspecified atom stereocenters. The summed E-state index contributed by atoms with van der Waals surface area (Å²) in [7, 11) is -3.88. The Morgan fingerprint density at radius 3 is 2.56 bits per heavy atom. The van der Waals surface area contributed by atoms with Crippen LogP contribution in [0.25, 0.3) is 0 Å². The van der Waals surface area contributed by atoms with Gasteiger partial charge in [-0.05, 0) is 13.3 Å². The molecule has 0 spiro atoms. The number of sulfonamides is 1. The largest absolute Gasteiger partial charge is 0.325 e. The molecule has 8 heteroatoms. The molecule has 90 valence electrons. The second kappa shape index (κ2) is 4.62. The van der Waals surface area contributed by atoms with Gasteiger partial charge >= 0.3 is 5.69 Å². The molecule has 0 saturated carbocycles. The van der Waals surface area contributed by atoms with Crippen LogP contribution in [0.3, 0.4) is 0 Å². The number of aromatic amines is 2. The number of hydrogen-bond acceptors (Lipinski definition) is 4. The molecule has 0 aromatic carbocycles. The van der Waals surface area contributed by atoms with Gasteiger partial charge < -0.3 is 4.98 Å². The van der Waals surface area contributed by atoms with Gasteiger partial charge in [0, 0.05) is 12.2 Å². The highest BCUT2D eigenvalue weighted by Crippen LogP contribution is 2.01. The van der Waals surface area contributed by atoms with Crippen LogP contribution in [0.1, 0.15) is 20.3 Å². The van der Waals surface area contributed by atoms with Crippen LogP contribution in [0.15, 0.2) is 20.7 Å².